The number of carbonyl (C=O) groups excluding carboxylic acids is 2. The van der Waals surface area contributed by atoms with Gasteiger partial charge in [-0.25, -0.2) is 4.90 Å². The zero-order chi connectivity index (χ0) is 19.8. The molecule has 2 atom stereocenters. The second-order valence-electron chi connectivity index (χ2n) is 7.30. The number of fused-ring (bicyclic) bond motifs is 1. The Hall–Kier alpha value is -3.22. The molecule has 2 aromatic carbocycles. The van der Waals surface area contributed by atoms with Gasteiger partial charge in [-0.15, -0.1) is 0 Å². The van der Waals surface area contributed by atoms with Crippen molar-refractivity contribution in [2.45, 2.75) is 38.4 Å². The van der Waals surface area contributed by atoms with Gasteiger partial charge >= 0.3 is 0 Å². The van der Waals surface area contributed by atoms with Crippen molar-refractivity contribution in [3.63, 3.8) is 0 Å². The summed E-state index contributed by atoms with van der Waals surface area (Å²) in [5.74, 6) is 0.469. The summed E-state index contributed by atoms with van der Waals surface area (Å²) < 4.78 is 5.14. The molecule has 1 saturated heterocycles. The van der Waals surface area contributed by atoms with Crippen LogP contribution in [0.25, 0.3) is 0 Å². The molecule has 2 aliphatic rings. The van der Waals surface area contributed by atoms with Crippen LogP contribution in [0, 0.1) is 0 Å². The number of anilines is 1. The second-order valence-corrected chi connectivity index (χ2v) is 7.30. The smallest absolute Gasteiger partial charge is 0.263 e. The van der Waals surface area contributed by atoms with Crippen LogP contribution in [0.1, 0.15) is 30.9 Å². The summed E-state index contributed by atoms with van der Waals surface area (Å²) in [5.41, 5.74) is 2.79. The van der Waals surface area contributed by atoms with Crippen LogP contribution >= 0.6 is 0 Å². The van der Waals surface area contributed by atoms with E-state index in [4.69, 9.17) is 4.74 Å². The Labute approximate surface area is 163 Å². The van der Waals surface area contributed by atoms with Gasteiger partial charge in [0, 0.05) is 0 Å². The largest absolute Gasteiger partial charge is 0.497 e. The van der Waals surface area contributed by atoms with E-state index >= 15 is 0 Å². The Kier molecular flexibility index (Phi) is 4.58. The van der Waals surface area contributed by atoms with E-state index in [9.17, 15) is 9.59 Å². The summed E-state index contributed by atoms with van der Waals surface area (Å²) >= 11 is 0. The van der Waals surface area contributed by atoms with Crippen LogP contribution in [0.5, 0.6) is 5.75 Å². The van der Waals surface area contributed by atoms with E-state index in [-0.39, 0.29) is 11.8 Å². The molecule has 0 radical (unpaired) electrons. The molecule has 0 saturated carbocycles. The standard InChI is InChI=1S/C21H22N4O3/c1-13(2)15-6-4-14(5-7-15)12-24-19-18(22-23-24)20(26)25(21(19)27)16-8-10-17(28-3)11-9-16/h4-11,13,18-19H,12H2,1-3H3/t18-,19-/m0/s1. The van der Waals surface area contributed by atoms with Gasteiger partial charge in [0.15, 0.2) is 12.1 Å². The first-order valence-electron chi connectivity index (χ1n) is 9.27. The zero-order valence-corrected chi connectivity index (χ0v) is 16.1. The first-order valence-corrected chi connectivity index (χ1v) is 9.27. The maximum absolute atomic E-state index is 13.0. The van der Waals surface area contributed by atoms with Crippen molar-refractivity contribution in [3.8, 4) is 5.75 Å². The number of methoxy groups -OCH3 is 1. The highest BCUT2D eigenvalue weighted by Gasteiger charge is 2.54. The number of hydrogen-bond acceptors (Lipinski definition) is 6. The number of hydrogen-bond donors (Lipinski definition) is 0. The van der Waals surface area contributed by atoms with Gasteiger partial charge in [0.2, 0.25) is 0 Å². The molecule has 0 unspecified atom stereocenters. The molecule has 0 spiro atoms. The fourth-order valence-corrected chi connectivity index (χ4v) is 3.53. The highest BCUT2D eigenvalue weighted by Crippen LogP contribution is 2.33. The van der Waals surface area contributed by atoms with Crippen molar-refractivity contribution in [3.05, 3.63) is 59.7 Å². The molecule has 1 fully saturated rings. The maximum atomic E-state index is 13.0. The summed E-state index contributed by atoms with van der Waals surface area (Å²) in [6, 6.07) is 13.6. The lowest BCUT2D eigenvalue weighted by Crippen LogP contribution is -2.39. The van der Waals surface area contributed by atoms with E-state index in [0.29, 0.717) is 23.9 Å². The third-order valence-corrected chi connectivity index (χ3v) is 5.18. The van der Waals surface area contributed by atoms with Crippen molar-refractivity contribution in [2.75, 3.05) is 12.0 Å². The Morgan fingerprint density at radius 1 is 1.00 bits per heavy atom. The quantitative estimate of drug-likeness (QED) is 0.748. The van der Waals surface area contributed by atoms with Crippen LogP contribution in [0.4, 0.5) is 5.69 Å². The molecule has 2 aliphatic heterocycles. The lowest BCUT2D eigenvalue weighted by molar-refractivity contribution is -0.123. The predicted molar refractivity (Wildman–Crippen MR) is 104 cm³/mol. The average molecular weight is 378 g/mol. The fraction of sp³-hybridized carbons (Fsp3) is 0.333. The van der Waals surface area contributed by atoms with E-state index in [0.717, 1.165) is 5.56 Å². The normalized spacial score (nSPS) is 21.0. The number of ether oxygens (including phenoxy) is 1. The molecule has 0 aliphatic carbocycles. The molecule has 2 amide bonds. The van der Waals surface area contributed by atoms with Crippen LogP contribution in [0.15, 0.2) is 58.9 Å². The molecule has 144 valence electrons. The van der Waals surface area contributed by atoms with Crippen LogP contribution < -0.4 is 9.64 Å². The minimum Gasteiger partial charge on any atom is -0.497 e. The number of rotatable bonds is 5. The number of carbonyl (C=O) groups is 2. The third kappa shape index (κ3) is 3.02. The minimum atomic E-state index is -0.787. The molecule has 7 heteroatoms. The van der Waals surface area contributed by atoms with Gasteiger partial charge in [0.05, 0.1) is 19.3 Å². The Morgan fingerprint density at radius 2 is 1.68 bits per heavy atom. The zero-order valence-electron chi connectivity index (χ0n) is 16.1. The Bertz CT molecular complexity index is 922. The van der Waals surface area contributed by atoms with Crippen molar-refractivity contribution in [1.82, 2.24) is 5.01 Å². The van der Waals surface area contributed by atoms with E-state index in [1.165, 1.54) is 10.5 Å². The molecule has 4 rings (SSSR count). The van der Waals surface area contributed by atoms with Crippen molar-refractivity contribution in [1.29, 1.82) is 0 Å². The van der Waals surface area contributed by atoms with Gasteiger partial charge in [-0.3, -0.25) is 14.6 Å². The van der Waals surface area contributed by atoms with Gasteiger partial charge < -0.3 is 4.74 Å². The highest BCUT2D eigenvalue weighted by atomic mass is 16.5. The predicted octanol–water partition coefficient (Wildman–Crippen LogP) is 3.31. The summed E-state index contributed by atoms with van der Waals surface area (Å²) in [6.07, 6.45) is 0. The second kappa shape index (κ2) is 7.07. The van der Waals surface area contributed by atoms with Gasteiger partial charge in [0.1, 0.15) is 5.75 Å². The lowest BCUT2D eigenvalue weighted by Gasteiger charge is -2.21. The fourth-order valence-electron chi connectivity index (χ4n) is 3.53. The third-order valence-electron chi connectivity index (χ3n) is 5.18. The number of benzene rings is 2. The summed E-state index contributed by atoms with van der Waals surface area (Å²) in [5, 5.41) is 9.79. The Morgan fingerprint density at radius 3 is 2.29 bits per heavy atom. The molecular formula is C21H22N4O3. The van der Waals surface area contributed by atoms with Gasteiger partial charge in [0.25, 0.3) is 11.8 Å². The first-order chi connectivity index (χ1) is 13.5. The molecule has 7 nitrogen and oxygen atoms in total. The molecule has 0 N–H and O–H groups in total. The van der Waals surface area contributed by atoms with E-state index in [1.807, 2.05) is 12.1 Å². The SMILES string of the molecule is COc1ccc(N2C(=O)[C@H]3N=NN(Cc4ccc(C(C)C)cc4)[C@@H]3C2=O)cc1. The number of nitrogens with zero attached hydrogens (tertiary/aromatic N) is 4. The van der Waals surface area contributed by atoms with E-state index in [2.05, 4.69) is 36.3 Å². The first kappa shape index (κ1) is 18.2. The summed E-state index contributed by atoms with van der Waals surface area (Å²) in [7, 11) is 1.57. The van der Waals surface area contributed by atoms with Crippen LogP contribution in [0.2, 0.25) is 0 Å². The summed E-state index contributed by atoms with van der Waals surface area (Å²) in [4.78, 5) is 27.0. The molecule has 0 aromatic heterocycles. The van der Waals surface area contributed by atoms with Gasteiger partial charge in [-0.2, -0.15) is 5.11 Å². The molecule has 28 heavy (non-hydrogen) atoms. The number of imide groups is 1. The van der Waals surface area contributed by atoms with Crippen molar-refractivity contribution >= 4 is 17.5 Å². The average Bonchev–Trinajstić information content (AvgIpc) is 3.22. The van der Waals surface area contributed by atoms with Crippen molar-refractivity contribution in [2.24, 2.45) is 10.3 Å². The van der Waals surface area contributed by atoms with Crippen LogP contribution in [-0.2, 0) is 16.1 Å². The summed E-state index contributed by atoms with van der Waals surface area (Å²) in [6.45, 7) is 4.72. The van der Waals surface area contributed by atoms with Crippen LogP contribution in [0.3, 0.4) is 0 Å². The van der Waals surface area contributed by atoms with Gasteiger partial charge in [-0.05, 0) is 41.3 Å². The van der Waals surface area contributed by atoms with Crippen LogP contribution in [-0.4, -0.2) is 36.0 Å². The Balaban J connectivity index is 1.54. The molecular weight excluding hydrogens is 356 g/mol. The topological polar surface area (TPSA) is 74.6 Å². The maximum Gasteiger partial charge on any atom is 0.263 e. The van der Waals surface area contributed by atoms with E-state index in [1.54, 1.807) is 36.4 Å². The minimum absolute atomic E-state index is 0.302. The lowest BCUT2D eigenvalue weighted by atomic mass is 10.0. The van der Waals surface area contributed by atoms with Crippen molar-refractivity contribution < 1.29 is 14.3 Å². The molecule has 2 aromatic rings. The monoisotopic (exact) mass is 378 g/mol. The van der Waals surface area contributed by atoms with Gasteiger partial charge in [-0.1, -0.05) is 43.3 Å². The number of amides is 2. The van der Waals surface area contributed by atoms with E-state index < -0.39 is 12.1 Å². The molecule has 0 bridgehead atoms. The highest BCUT2D eigenvalue weighted by molar-refractivity contribution is 6.25. The molecule has 2 heterocycles.